The van der Waals surface area contributed by atoms with Gasteiger partial charge in [-0.3, -0.25) is 4.98 Å². The molecular weight excluding hydrogens is 188 g/mol. The third kappa shape index (κ3) is 1.73. The van der Waals surface area contributed by atoms with E-state index in [1.54, 1.807) is 6.07 Å². The molecule has 0 atom stereocenters. The van der Waals surface area contributed by atoms with Crippen molar-refractivity contribution < 1.29 is 8.42 Å². The number of pyridine rings is 1. The fourth-order valence-corrected chi connectivity index (χ4v) is 1.60. The van der Waals surface area contributed by atoms with Gasteiger partial charge in [-0.05, 0) is 6.07 Å². The SMILES string of the molecule is C=CS(=O)(=O)c1cnccc1C#N. The highest BCUT2D eigenvalue weighted by Gasteiger charge is 2.14. The summed E-state index contributed by atoms with van der Waals surface area (Å²) in [6.07, 6.45) is 2.50. The molecule has 0 aliphatic carbocycles. The summed E-state index contributed by atoms with van der Waals surface area (Å²) >= 11 is 0. The predicted molar refractivity (Wildman–Crippen MR) is 46.3 cm³/mol. The molecule has 0 aliphatic heterocycles. The lowest BCUT2D eigenvalue weighted by molar-refractivity contribution is 0.604. The second-order valence-corrected chi connectivity index (χ2v) is 4.06. The first-order valence-electron chi connectivity index (χ1n) is 3.33. The van der Waals surface area contributed by atoms with Gasteiger partial charge in [0.1, 0.15) is 11.0 Å². The van der Waals surface area contributed by atoms with Gasteiger partial charge < -0.3 is 0 Å². The van der Waals surface area contributed by atoms with Crippen LogP contribution in [0.2, 0.25) is 0 Å². The Balaban J connectivity index is 3.49. The molecule has 0 unspecified atom stereocenters. The van der Waals surface area contributed by atoms with Gasteiger partial charge in [-0.15, -0.1) is 0 Å². The molecular formula is C8H6N2O2S. The summed E-state index contributed by atoms with van der Waals surface area (Å²) in [6, 6.07) is 3.11. The summed E-state index contributed by atoms with van der Waals surface area (Å²) < 4.78 is 22.5. The molecule has 0 saturated carbocycles. The Hall–Kier alpha value is -1.67. The molecule has 0 bridgehead atoms. The number of aromatic nitrogens is 1. The second-order valence-electron chi connectivity index (χ2n) is 2.20. The Morgan fingerprint density at radius 2 is 2.31 bits per heavy atom. The van der Waals surface area contributed by atoms with Crippen LogP contribution in [-0.2, 0) is 9.84 Å². The molecule has 0 fully saturated rings. The number of hydrogen-bond acceptors (Lipinski definition) is 4. The molecule has 1 heterocycles. The molecule has 66 valence electrons. The molecule has 1 aromatic heterocycles. The Morgan fingerprint density at radius 1 is 1.62 bits per heavy atom. The van der Waals surface area contributed by atoms with Crippen molar-refractivity contribution in [1.82, 2.24) is 4.98 Å². The number of hydrogen-bond donors (Lipinski definition) is 0. The first kappa shape index (κ1) is 9.42. The van der Waals surface area contributed by atoms with Gasteiger partial charge in [0.2, 0.25) is 9.84 Å². The lowest BCUT2D eigenvalue weighted by atomic mass is 10.3. The van der Waals surface area contributed by atoms with E-state index in [0.29, 0.717) is 0 Å². The number of sulfone groups is 1. The Labute approximate surface area is 76.1 Å². The van der Waals surface area contributed by atoms with Crippen LogP contribution in [0.4, 0.5) is 0 Å². The molecule has 0 spiro atoms. The molecule has 5 heteroatoms. The normalized spacial score (nSPS) is 10.4. The van der Waals surface area contributed by atoms with Crippen molar-refractivity contribution in [2.75, 3.05) is 0 Å². The summed E-state index contributed by atoms with van der Waals surface area (Å²) in [6.45, 7) is 3.16. The maximum absolute atomic E-state index is 11.3. The van der Waals surface area contributed by atoms with Gasteiger partial charge in [0.05, 0.1) is 5.56 Å². The summed E-state index contributed by atoms with van der Waals surface area (Å²) in [5, 5.41) is 9.40. The highest BCUT2D eigenvalue weighted by molar-refractivity contribution is 7.94. The summed E-state index contributed by atoms with van der Waals surface area (Å²) in [5.41, 5.74) is 0.0786. The van der Waals surface area contributed by atoms with Gasteiger partial charge in [0.25, 0.3) is 0 Å². The molecule has 0 saturated heterocycles. The second kappa shape index (κ2) is 3.37. The number of nitriles is 1. The van der Waals surface area contributed by atoms with Crippen LogP contribution in [0.5, 0.6) is 0 Å². The van der Waals surface area contributed by atoms with Crippen molar-refractivity contribution in [3.05, 3.63) is 36.0 Å². The van der Waals surface area contributed by atoms with Crippen molar-refractivity contribution >= 4 is 9.84 Å². The highest BCUT2D eigenvalue weighted by atomic mass is 32.2. The van der Waals surface area contributed by atoms with Crippen LogP contribution in [-0.4, -0.2) is 13.4 Å². The maximum Gasteiger partial charge on any atom is 0.202 e. The fraction of sp³-hybridized carbons (Fsp3) is 0. The molecule has 0 aliphatic rings. The van der Waals surface area contributed by atoms with Crippen LogP contribution >= 0.6 is 0 Å². The van der Waals surface area contributed by atoms with Crippen LogP contribution < -0.4 is 0 Å². The predicted octanol–water partition coefficient (Wildman–Crippen LogP) is 0.870. The molecule has 0 aromatic carbocycles. The summed E-state index contributed by atoms with van der Waals surface area (Å²) in [7, 11) is -3.56. The number of rotatable bonds is 2. The van der Waals surface area contributed by atoms with Crippen molar-refractivity contribution in [3.63, 3.8) is 0 Å². The lowest BCUT2D eigenvalue weighted by Crippen LogP contribution is -1.99. The van der Waals surface area contributed by atoms with E-state index in [1.165, 1.54) is 12.3 Å². The molecule has 13 heavy (non-hydrogen) atoms. The maximum atomic E-state index is 11.3. The molecule has 0 amide bonds. The highest BCUT2D eigenvalue weighted by Crippen LogP contribution is 2.14. The van der Waals surface area contributed by atoms with E-state index in [4.69, 9.17) is 5.26 Å². The zero-order chi connectivity index (χ0) is 9.90. The molecule has 0 radical (unpaired) electrons. The fourth-order valence-electron chi connectivity index (χ4n) is 0.789. The minimum atomic E-state index is -3.56. The standard InChI is InChI=1S/C8H6N2O2S/c1-2-13(11,12)8-6-10-4-3-7(8)5-9/h2-4,6H,1H2. The van der Waals surface area contributed by atoms with Crippen LogP contribution in [0.15, 0.2) is 35.3 Å². The summed E-state index contributed by atoms with van der Waals surface area (Å²) in [5.74, 6) is 0. The van der Waals surface area contributed by atoms with Gasteiger partial charge in [-0.25, -0.2) is 8.42 Å². The molecule has 4 nitrogen and oxygen atoms in total. The quantitative estimate of drug-likeness (QED) is 0.700. The smallest absolute Gasteiger partial charge is 0.202 e. The van der Waals surface area contributed by atoms with E-state index in [9.17, 15) is 8.42 Å². The van der Waals surface area contributed by atoms with Gasteiger partial charge in [0, 0.05) is 17.8 Å². The number of nitrogens with zero attached hydrogens (tertiary/aromatic N) is 2. The van der Waals surface area contributed by atoms with Gasteiger partial charge in [-0.1, -0.05) is 6.58 Å². The minimum absolute atomic E-state index is 0.0786. The van der Waals surface area contributed by atoms with E-state index in [0.717, 1.165) is 11.6 Å². The van der Waals surface area contributed by atoms with Gasteiger partial charge >= 0.3 is 0 Å². The zero-order valence-electron chi connectivity index (χ0n) is 6.64. The van der Waals surface area contributed by atoms with E-state index < -0.39 is 9.84 Å². The van der Waals surface area contributed by atoms with E-state index in [2.05, 4.69) is 11.6 Å². The zero-order valence-corrected chi connectivity index (χ0v) is 7.45. The van der Waals surface area contributed by atoms with Crippen LogP contribution in [0.1, 0.15) is 5.56 Å². The Bertz CT molecular complexity index is 471. The average Bonchev–Trinajstić information content (AvgIpc) is 2.18. The van der Waals surface area contributed by atoms with Crippen molar-refractivity contribution in [3.8, 4) is 6.07 Å². The third-order valence-corrected chi connectivity index (χ3v) is 2.81. The van der Waals surface area contributed by atoms with Crippen molar-refractivity contribution in [1.29, 1.82) is 5.26 Å². The van der Waals surface area contributed by atoms with E-state index >= 15 is 0 Å². The minimum Gasteiger partial charge on any atom is -0.263 e. The van der Waals surface area contributed by atoms with Gasteiger partial charge in [-0.2, -0.15) is 5.26 Å². The Kier molecular flexibility index (Phi) is 2.44. The van der Waals surface area contributed by atoms with E-state index in [-0.39, 0.29) is 10.5 Å². The van der Waals surface area contributed by atoms with Crippen LogP contribution in [0, 0.1) is 11.3 Å². The first-order chi connectivity index (χ1) is 6.11. The molecule has 0 N–H and O–H groups in total. The molecule has 1 rings (SSSR count). The lowest BCUT2D eigenvalue weighted by Gasteiger charge is -1.98. The Morgan fingerprint density at radius 3 is 2.85 bits per heavy atom. The molecule has 1 aromatic rings. The third-order valence-electron chi connectivity index (χ3n) is 1.43. The van der Waals surface area contributed by atoms with Crippen LogP contribution in [0.3, 0.4) is 0 Å². The van der Waals surface area contributed by atoms with Gasteiger partial charge in [0.15, 0.2) is 0 Å². The van der Waals surface area contributed by atoms with Crippen LogP contribution in [0.25, 0.3) is 0 Å². The topological polar surface area (TPSA) is 70.8 Å². The van der Waals surface area contributed by atoms with Crippen molar-refractivity contribution in [2.24, 2.45) is 0 Å². The largest absolute Gasteiger partial charge is 0.263 e. The van der Waals surface area contributed by atoms with E-state index in [1.807, 2.05) is 0 Å². The first-order valence-corrected chi connectivity index (χ1v) is 4.88. The van der Waals surface area contributed by atoms with Crippen molar-refractivity contribution in [2.45, 2.75) is 4.90 Å². The average molecular weight is 194 g/mol. The summed E-state index contributed by atoms with van der Waals surface area (Å²) in [4.78, 5) is 3.53. The monoisotopic (exact) mass is 194 g/mol.